The van der Waals surface area contributed by atoms with Gasteiger partial charge in [-0.1, -0.05) is 60.7 Å². The van der Waals surface area contributed by atoms with E-state index in [0.717, 1.165) is 25.7 Å². The largest absolute Gasteiger partial charge is 0.402 e. The highest BCUT2D eigenvalue weighted by molar-refractivity contribution is 5.84. The maximum atomic E-state index is 12.3. The fraction of sp³-hybridized carbons (Fsp3) is 0.438. The van der Waals surface area contributed by atoms with Crippen molar-refractivity contribution in [1.82, 2.24) is 25.0 Å². The number of amides is 1. The van der Waals surface area contributed by atoms with Crippen LogP contribution in [-0.2, 0) is 9.53 Å². The van der Waals surface area contributed by atoms with E-state index in [1.165, 1.54) is 22.2 Å². The number of fused-ring (bicyclic) bond motifs is 1. The third kappa shape index (κ3) is 6.62. The number of hydrogen-bond acceptors (Lipinski definition) is 10. The maximum Gasteiger partial charge on any atom is 0.251 e. The van der Waals surface area contributed by atoms with Crippen molar-refractivity contribution in [3.63, 3.8) is 0 Å². The number of aromatic nitrogens is 4. The lowest BCUT2D eigenvalue weighted by atomic mass is 9.91. The second-order valence-corrected chi connectivity index (χ2v) is 11.4. The van der Waals surface area contributed by atoms with E-state index in [9.17, 15) is 9.90 Å². The van der Waals surface area contributed by atoms with E-state index in [0.29, 0.717) is 36.0 Å². The van der Waals surface area contributed by atoms with Gasteiger partial charge in [0.15, 0.2) is 23.5 Å². The van der Waals surface area contributed by atoms with Crippen LogP contribution in [0.25, 0.3) is 11.2 Å². The fourth-order valence-corrected chi connectivity index (χ4v) is 5.92. The van der Waals surface area contributed by atoms with Gasteiger partial charge in [0.1, 0.15) is 12.4 Å². The molecule has 12 nitrogen and oxygen atoms in total. The Kier molecular flexibility index (Phi) is 9.20. The molecule has 0 unspecified atom stereocenters. The molecule has 2 fully saturated rings. The average Bonchev–Trinajstić information content (AvgIpc) is 3.62. The Bertz CT molecular complexity index is 1490. The van der Waals surface area contributed by atoms with Gasteiger partial charge in [-0.25, -0.2) is 4.98 Å². The predicted octanol–water partition coefficient (Wildman–Crippen LogP) is 2.45. The number of nitrogens with zero attached hydrogens (tertiary/aromatic N) is 4. The zero-order valence-electron chi connectivity index (χ0n) is 24.8. The minimum atomic E-state index is -1.15. The lowest BCUT2D eigenvalue weighted by molar-refractivity contribution is -0.134. The highest BCUT2D eigenvalue weighted by atomic mass is 16.7. The molecule has 0 spiro atoms. The molecule has 1 aliphatic heterocycles. The van der Waals surface area contributed by atoms with Crippen LogP contribution in [0.5, 0.6) is 0 Å². The maximum absolute atomic E-state index is 12.3. The van der Waals surface area contributed by atoms with Crippen LogP contribution in [0.4, 0.5) is 11.8 Å². The highest BCUT2D eigenvalue weighted by Crippen LogP contribution is 2.28. The van der Waals surface area contributed by atoms with Crippen molar-refractivity contribution in [3.8, 4) is 0 Å². The first-order chi connectivity index (χ1) is 21.5. The molecule has 6 N–H and O–H groups in total. The number of anilines is 2. The third-order valence-electron chi connectivity index (χ3n) is 8.34. The first-order valence-corrected chi connectivity index (χ1v) is 15.4. The van der Waals surface area contributed by atoms with Gasteiger partial charge in [0, 0.05) is 31.1 Å². The van der Waals surface area contributed by atoms with Crippen LogP contribution >= 0.6 is 0 Å². The zero-order valence-corrected chi connectivity index (χ0v) is 24.8. The standard InChI is InChI=1S/C32H40N8O4/c1-2-34-31(42)28-27(41)25(18-43-28)44-40-19-36-26-29(38-32(39-30(26)40)37-23-15-13-22(33)14-16-23)35-17-24(20-9-5-3-6-10-20)21-11-7-4-8-12-21/h3-12,19,22-25,27-28,41H,2,13-18,33H2,1H3,(H,34,42)(H2,35,37,38,39)/t22?,23?,25-,27-,28-/m0/s1. The van der Waals surface area contributed by atoms with Gasteiger partial charge in [-0.3, -0.25) is 4.79 Å². The predicted molar refractivity (Wildman–Crippen MR) is 167 cm³/mol. The summed E-state index contributed by atoms with van der Waals surface area (Å²) in [5.74, 6) is 0.701. The Balaban J connectivity index is 1.29. The molecule has 6 rings (SSSR count). The molecular formula is C32H40N8O4. The summed E-state index contributed by atoms with van der Waals surface area (Å²) in [6.45, 7) is 2.86. The van der Waals surface area contributed by atoms with Gasteiger partial charge < -0.3 is 36.4 Å². The summed E-state index contributed by atoms with van der Waals surface area (Å²) in [4.78, 5) is 32.7. The molecule has 1 aliphatic carbocycles. The number of rotatable bonds is 11. The first-order valence-electron chi connectivity index (χ1n) is 15.4. The average molecular weight is 601 g/mol. The van der Waals surface area contributed by atoms with Crippen LogP contribution in [-0.4, -0.2) is 80.8 Å². The number of imidazole rings is 1. The van der Waals surface area contributed by atoms with Crippen LogP contribution < -0.4 is 26.5 Å². The van der Waals surface area contributed by atoms with E-state index >= 15 is 0 Å². The van der Waals surface area contributed by atoms with E-state index in [-0.39, 0.29) is 30.5 Å². The monoisotopic (exact) mass is 600 g/mol. The summed E-state index contributed by atoms with van der Waals surface area (Å²) in [5, 5.41) is 20.6. The zero-order chi connectivity index (χ0) is 30.5. The smallest absolute Gasteiger partial charge is 0.251 e. The first kappa shape index (κ1) is 29.8. The molecule has 44 heavy (non-hydrogen) atoms. The molecule has 1 saturated heterocycles. The van der Waals surface area contributed by atoms with Crippen LogP contribution in [0.15, 0.2) is 67.0 Å². The van der Waals surface area contributed by atoms with Gasteiger partial charge in [-0.2, -0.15) is 14.7 Å². The van der Waals surface area contributed by atoms with Gasteiger partial charge in [0.25, 0.3) is 5.91 Å². The minimum Gasteiger partial charge on any atom is -0.402 e. The molecule has 2 aliphatic rings. The third-order valence-corrected chi connectivity index (χ3v) is 8.34. The number of aliphatic hydroxyl groups is 1. The van der Waals surface area contributed by atoms with Gasteiger partial charge in [-0.05, 0) is 43.7 Å². The van der Waals surface area contributed by atoms with Gasteiger partial charge in [0.2, 0.25) is 11.6 Å². The molecule has 12 heteroatoms. The Morgan fingerprint density at radius 1 is 1.07 bits per heavy atom. The Morgan fingerprint density at radius 3 is 2.41 bits per heavy atom. The van der Waals surface area contributed by atoms with Crippen molar-refractivity contribution in [2.45, 2.75) is 68.9 Å². The number of likely N-dealkylation sites (N-methyl/N-ethyl adjacent to an activating group) is 1. The number of nitrogens with two attached hydrogens (primary N) is 1. The minimum absolute atomic E-state index is 0.0437. The van der Waals surface area contributed by atoms with E-state index in [2.05, 4.69) is 45.2 Å². The second kappa shape index (κ2) is 13.6. The highest BCUT2D eigenvalue weighted by Gasteiger charge is 2.42. The summed E-state index contributed by atoms with van der Waals surface area (Å²) in [6.07, 6.45) is 2.29. The van der Waals surface area contributed by atoms with Crippen molar-refractivity contribution in [2.75, 3.05) is 30.3 Å². The van der Waals surface area contributed by atoms with E-state index < -0.39 is 18.3 Å². The van der Waals surface area contributed by atoms with Crippen LogP contribution in [0, 0.1) is 0 Å². The number of benzene rings is 2. The lowest BCUT2D eigenvalue weighted by Gasteiger charge is -2.27. The summed E-state index contributed by atoms with van der Waals surface area (Å²) in [7, 11) is 0. The molecule has 2 aromatic carbocycles. The number of carbonyl (C=O) groups is 1. The summed E-state index contributed by atoms with van der Waals surface area (Å²) in [6, 6.07) is 21.1. The molecule has 1 saturated carbocycles. The van der Waals surface area contributed by atoms with Crippen molar-refractivity contribution < 1.29 is 19.5 Å². The molecular weight excluding hydrogens is 560 g/mol. The van der Waals surface area contributed by atoms with E-state index in [4.69, 9.17) is 25.3 Å². The Labute approximate surface area is 256 Å². The number of nitrogens with one attached hydrogen (secondary N) is 3. The van der Waals surface area contributed by atoms with Crippen molar-refractivity contribution in [2.24, 2.45) is 5.73 Å². The Morgan fingerprint density at radius 2 is 1.75 bits per heavy atom. The van der Waals surface area contributed by atoms with Gasteiger partial charge in [-0.15, -0.1) is 0 Å². The quantitative estimate of drug-likeness (QED) is 0.173. The Hall–Kier alpha value is -4.26. The second-order valence-electron chi connectivity index (χ2n) is 11.4. The summed E-state index contributed by atoms with van der Waals surface area (Å²) < 4.78 is 6.99. The number of aliphatic hydroxyl groups excluding tert-OH is 1. The SMILES string of the molecule is CCNC(=O)[C@H]1OC[C@H](On2cnc3c(NCC(c4ccccc4)c4ccccc4)nc(NC4CCC(N)CC4)nc32)[C@@H]1O. The number of carbonyl (C=O) groups excluding carboxylic acids is 1. The molecule has 3 heterocycles. The molecule has 0 bridgehead atoms. The summed E-state index contributed by atoms with van der Waals surface area (Å²) >= 11 is 0. The molecule has 4 aromatic rings. The normalized spacial score (nSPS) is 23.5. The molecule has 2 aromatic heterocycles. The lowest BCUT2D eigenvalue weighted by Crippen LogP contribution is -2.45. The van der Waals surface area contributed by atoms with Crippen LogP contribution in [0.1, 0.15) is 49.7 Å². The number of hydrogen-bond donors (Lipinski definition) is 5. The van der Waals surface area contributed by atoms with Crippen molar-refractivity contribution in [1.29, 1.82) is 0 Å². The molecule has 232 valence electrons. The fourth-order valence-electron chi connectivity index (χ4n) is 5.92. The topological polar surface area (TPSA) is 161 Å². The van der Waals surface area contributed by atoms with Crippen molar-refractivity contribution >= 4 is 28.8 Å². The van der Waals surface area contributed by atoms with Crippen LogP contribution in [0.2, 0.25) is 0 Å². The molecule has 1 amide bonds. The van der Waals surface area contributed by atoms with Gasteiger partial charge >= 0.3 is 0 Å². The summed E-state index contributed by atoms with van der Waals surface area (Å²) in [5.41, 5.74) is 9.45. The van der Waals surface area contributed by atoms with E-state index in [1.54, 1.807) is 0 Å². The molecule has 0 radical (unpaired) electrons. The molecule has 3 atom stereocenters. The number of ether oxygens (including phenoxy) is 1. The van der Waals surface area contributed by atoms with Crippen molar-refractivity contribution in [3.05, 3.63) is 78.1 Å². The van der Waals surface area contributed by atoms with Crippen LogP contribution in [0.3, 0.4) is 0 Å². The van der Waals surface area contributed by atoms with E-state index in [1.807, 2.05) is 43.3 Å². The van der Waals surface area contributed by atoms with Gasteiger partial charge in [0.05, 0.1) is 6.61 Å².